The molecule has 1 aliphatic carbocycles. The minimum absolute atomic E-state index is 0.189. The molecule has 88 valence electrons. The Hall–Kier alpha value is 0.140. The van der Waals surface area contributed by atoms with Crippen LogP contribution in [0.4, 0.5) is 0 Å². The zero-order valence-corrected chi connectivity index (χ0v) is 12.4. The maximum absolute atomic E-state index is 6.37. The van der Waals surface area contributed by atoms with Crippen molar-refractivity contribution in [1.29, 1.82) is 0 Å². The molecule has 1 aromatic carbocycles. The quantitative estimate of drug-likeness (QED) is 0.818. The molecule has 0 radical (unpaired) electrons. The maximum Gasteiger partial charge on any atom is 0.0324 e. The van der Waals surface area contributed by atoms with Crippen molar-refractivity contribution < 1.29 is 0 Å². The summed E-state index contributed by atoms with van der Waals surface area (Å²) in [5.41, 5.74) is 7.61. The molecule has 1 unspecified atom stereocenters. The average molecular weight is 347 g/mol. The van der Waals surface area contributed by atoms with Gasteiger partial charge in [-0.2, -0.15) is 0 Å². The monoisotopic (exact) mass is 345 g/mol. The molecule has 1 atom stereocenters. The summed E-state index contributed by atoms with van der Waals surface area (Å²) < 4.78 is 2.20. The van der Waals surface area contributed by atoms with Crippen LogP contribution in [0, 0.1) is 5.92 Å². The Morgan fingerprint density at radius 3 is 2.12 bits per heavy atom. The number of halogens is 2. The fourth-order valence-corrected chi connectivity index (χ4v) is 3.86. The van der Waals surface area contributed by atoms with E-state index in [9.17, 15) is 0 Å². The largest absolute Gasteiger partial charge is 0.324 e. The zero-order chi connectivity index (χ0) is 11.5. The normalized spacial score (nSPS) is 19.7. The fourth-order valence-electron chi connectivity index (χ4n) is 2.53. The van der Waals surface area contributed by atoms with E-state index in [1.54, 1.807) is 0 Å². The van der Waals surface area contributed by atoms with E-state index in [0.717, 1.165) is 8.95 Å². The Balaban J connectivity index is 2.15. The molecule has 1 saturated carbocycles. The first-order chi connectivity index (χ1) is 7.66. The lowest BCUT2D eigenvalue weighted by Gasteiger charge is -2.28. The van der Waals surface area contributed by atoms with Crippen molar-refractivity contribution in [2.75, 3.05) is 0 Å². The van der Waals surface area contributed by atoms with E-state index >= 15 is 0 Å². The standard InChI is InChI=1S/C13H17Br2N/c14-11-6-10(7-12(15)8-11)13(16)9-4-2-1-3-5-9/h6-9,13H,1-5,16H2. The molecule has 0 heterocycles. The Morgan fingerprint density at radius 2 is 1.56 bits per heavy atom. The summed E-state index contributed by atoms with van der Waals surface area (Å²) in [5, 5.41) is 0. The van der Waals surface area contributed by atoms with Gasteiger partial charge in [0.1, 0.15) is 0 Å². The van der Waals surface area contributed by atoms with E-state index < -0.39 is 0 Å². The number of hydrogen-bond acceptors (Lipinski definition) is 1. The van der Waals surface area contributed by atoms with Gasteiger partial charge >= 0.3 is 0 Å². The van der Waals surface area contributed by atoms with Gasteiger partial charge in [0.05, 0.1) is 0 Å². The predicted molar refractivity (Wildman–Crippen MR) is 75.3 cm³/mol. The molecule has 1 aromatic rings. The molecule has 1 fully saturated rings. The number of benzene rings is 1. The van der Waals surface area contributed by atoms with Crippen LogP contribution < -0.4 is 5.73 Å². The predicted octanol–water partition coefficient (Wildman–Crippen LogP) is 4.79. The second-order valence-electron chi connectivity index (χ2n) is 4.63. The molecule has 0 amide bonds. The van der Waals surface area contributed by atoms with Crippen molar-refractivity contribution in [2.24, 2.45) is 11.7 Å². The zero-order valence-electron chi connectivity index (χ0n) is 9.26. The van der Waals surface area contributed by atoms with Gasteiger partial charge in [0.15, 0.2) is 0 Å². The third-order valence-corrected chi connectivity index (χ3v) is 4.34. The van der Waals surface area contributed by atoms with Gasteiger partial charge in [-0.25, -0.2) is 0 Å². The molecule has 2 rings (SSSR count). The van der Waals surface area contributed by atoms with E-state index in [1.165, 1.54) is 37.7 Å². The molecular weight excluding hydrogens is 330 g/mol. The van der Waals surface area contributed by atoms with Crippen LogP contribution in [-0.2, 0) is 0 Å². The lowest BCUT2D eigenvalue weighted by molar-refractivity contribution is 0.308. The van der Waals surface area contributed by atoms with Crippen molar-refractivity contribution in [3.05, 3.63) is 32.7 Å². The van der Waals surface area contributed by atoms with Crippen molar-refractivity contribution in [3.63, 3.8) is 0 Å². The summed E-state index contributed by atoms with van der Waals surface area (Å²) in [4.78, 5) is 0. The first-order valence-electron chi connectivity index (χ1n) is 5.88. The molecule has 3 heteroatoms. The summed E-state index contributed by atoms with van der Waals surface area (Å²) in [6.07, 6.45) is 6.63. The SMILES string of the molecule is NC(c1cc(Br)cc(Br)c1)C1CCCCC1. The number of hydrogen-bond donors (Lipinski definition) is 1. The third-order valence-electron chi connectivity index (χ3n) is 3.43. The van der Waals surface area contributed by atoms with Crippen molar-refractivity contribution >= 4 is 31.9 Å². The smallest absolute Gasteiger partial charge is 0.0324 e. The van der Waals surface area contributed by atoms with Crippen molar-refractivity contribution in [1.82, 2.24) is 0 Å². The van der Waals surface area contributed by atoms with Crippen LogP contribution in [0.5, 0.6) is 0 Å². The Kier molecular flexibility index (Phi) is 4.45. The van der Waals surface area contributed by atoms with Gasteiger partial charge in [0, 0.05) is 15.0 Å². The average Bonchev–Trinajstić information content (AvgIpc) is 2.28. The second kappa shape index (κ2) is 5.65. The van der Waals surface area contributed by atoms with Crippen LogP contribution in [0.2, 0.25) is 0 Å². The molecule has 0 aliphatic heterocycles. The van der Waals surface area contributed by atoms with Gasteiger partial charge in [-0.15, -0.1) is 0 Å². The lowest BCUT2D eigenvalue weighted by atomic mass is 9.81. The topological polar surface area (TPSA) is 26.0 Å². The summed E-state index contributed by atoms with van der Waals surface area (Å²) in [7, 11) is 0. The van der Waals surface area contributed by atoms with Crippen LogP contribution in [0.1, 0.15) is 43.7 Å². The first-order valence-corrected chi connectivity index (χ1v) is 7.47. The van der Waals surface area contributed by atoms with Gasteiger partial charge in [0.25, 0.3) is 0 Å². The summed E-state index contributed by atoms with van der Waals surface area (Å²) in [6, 6.07) is 6.53. The number of rotatable bonds is 2. The highest BCUT2D eigenvalue weighted by atomic mass is 79.9. The third kappa shape index (κ3) is 3.08. The Labute approximate surface area is 114 Å². The minimum Gasteiger partial charge on any atom is -0.324 e. The van der Waals surface area contributed by atoms with E-state index in [0.29, 0.717) is 5.92 Å². The van der Waals surface area contributed by atoms with Gasteiger partial charge < -0.3 is 5.73 Å². The molecule has 0 saturated heterocycles. The molecule has 2 N–H and O–H groups in total. The summed E-state index contributed by atoms with van der Waals surface area (Å²) in [6.45, 7) is 0. The molecular formula is C13H17Br2N. The lowest BCUT2D eigenvalue weighted by Crippen LogP contribution is -2.23. The molecule has 16 heavy (non-hydrogen) atoms. The second-order valence-corrected chi connectivity index (χ2v) is 6.46. The first kappa shape index (κ1) is 12.6. The van der Waals surface area contributed by atoms with E-state index in [1.807, 2.05) is 0 Å². The molecule has 0 bridgehead atoms. The molecule has 0 aromatic heterocycles. The van der Waals surface area contributed by atoms with Gasteiger partial charge in [0.2, 0.25) is 0 Å². The van der Waals surface area contributed by atoms with E-state index in [-0.39, 0.29) is 6.04 Å². The van der Waals surface area contributed by atoms with Gasteiger partial charge in [-0.3, -0.25) is 0 Å². The van der Waals surface area contributed by atoms with E-state index in [2.05, 4.69) is 50.1 Å². The van der Waals surface area contributed by atoms with Crippen molar-refractivity contribution in [2.45, 2.75) is 38.1 Å². The van der Waals surface area contributed by atoms with Gasteiger partial charge in [-0.1, -0.05) is 51.1 Å². The Morgan fingerprint density at radius 1 is 1.00 bits per heavy atom. The van der Waals surface area contributed by atoms with Crippen molar-refractivity contribution in [3.8, 4) is 0 Å². The molecule has 0 spiro atoms. The minimum atomic E-state index is 0.189. The summed E-state index contributed by atoms with van der Waals surface area (Å²) in [5.74, 6) is 0.662. The van der Waals surface area contributed by atoms with E-state index in [4.69, 9.17) is 5.73 Å². The molecule has 1 aliphatic rings. The Bertz CT molecular complexity index is 339. The maximum atomic E-state index is 6.37. The highest BCUT2D eigenvalue weighted by Gasteiger charge is 2.22. The fraction of sp³-hybridized carbons (Fsp3) is 0.538. The number of nitrogens with two attached hydrogens (primary N) is 1. The highest BCUT2D eigenvalue weighted by molar-refractivity contribution is 9.11. The van der Waals surface area contributed by atoms with Crippen LogP contribution in [-0.4, -0.2) is 0 Å². The summed E-state index contributed by atoms with van der Waals surface area (Å²) >= 11 is 7.04. The highest BCUT2D eigenvalue weighted by Crippen LogP contribution is 2.34. The van der Waals surface area contributed by atoms with Crippen LogP contribution in [0.3, 0.4) is 0 Å². The molecule has 1 nitrogen and oxygen atoms in total. The van der Waals surface area contributed by atoms with Crippen LogP contribution in [0.15, 0.2) is 27.1 Å². The van der Waals surface area contributed by atoms with Gasteiger partial charge in [-0.05, 0) is 42.5 Å². The van der Waals surface area contributed by atoms with Crippen LogP contribution >= 0.6 is 31.9 Å². The van der Waals surface area contributed by atoms with Crippen LogP contribution in [0.25, 0.3) is 0 Å².